The molecule has 8 aliphatic heterocycles. The molecule has 0 spiro atoms. The maximum atomic E-state index is 15.2. The molecule has 0 aromatic heterocycles. The van der Waals surface area contributed by atoms with Crippen LogP contribution in [0.1, 0.15) is 113 Å². The Hall–Kier alpha value is -2.31. The van der Waals surface area contributed by atoms with Crippen molar-refractivity contribution in [3.8, 4) is 0 Å². The molecule has 13 aliphatic rings. The monoisotopic (exact) mass is 1660 g/mol. The standard InChI is InChI=1S/C75H122O40/c1-26-40(82)46(88)52(94)64(103-26)113-60-56(98)68(107-35(21-78)58(60)111-65-54(96)49(91)57(34(20-77)106-65)110-63-50(92)42(84)31(80)22-100-63)112-59-41(83)27(2)104-67(55(59)97)114-61-43(85)32(81)23-101-69(61)109-39-12-14-73(6)37-9-8-28-29(72(37,5)13-11-38(73)74(39,7)25-79)10-15-75(17-16-71(3,4)18-30(28)75)70(99)115-66-53(95)48(90)45(87)36(108-66)24-102-62-51(93)47(89)44(86)33(19-76)105-62/h8,26-27,29-69,76-98H,9-25H2,1-7H3. The Morgan fingerprint density at radius 3 is 1.56 bits per heavy atom. The Bertz CT molecular complexity index is 3260. The van der Waals surface area contributed by atoms with E-state index in [2.05, 4.69) is 33.8 Å². The number of ether oxygens (including phenoxy) is 16. The van der Waals surface area contributed by atoms with Crippen molar-refractivity contribution in [1.29, 1.82) is 0 Å². The molecule has 12 fully saturated rings. The van der Waals surface area contributed by atoms with Gasteiger partial charge in [0.1, 0.15) is 171 Å². The molecule has 47 atom stereocenters. The van der Waals surface area contributed by atoms with Crippen LogP contribution in [0.5, 0.6) is 0 Å². The SMILES string of the molecule is CC1OC(OC2C(O)C(OC3C(O)C(C)OC(OC4C(OC5CCC6(C)C(CCC7(C)C8CCC9(C(=O)OC%10OC(COC%11OC(CO)C(O)C(O)C%11O)C(O)C(O)C%10O)CCC(C)(C)CC9C8=CCC76)C5(C)CO)OCC(O)C4O)C3O)OC(CO)C2OC2OC(CO)C(OC3OCC(O)C(O)C3O)C(O)C2O)C(O)C(O)C1O. The summed E-state index contributed by atoms with van der Waals surface area (Å²) in [5, 5.41) is 254. The number of allylic oxidation sites excluding steroid dienone is 2. The van der Waals surface area contributed by atoms with Crippen LogP contribution in [-0.4, -0.2) is 409 Å². The van der Waals surface area contributed by atoms with Crippen molar-refractivity contribution in [2.75, 3.05) is 46.2 Å². The van der Waals surface area contributed by atoms with Gasteiger partial charge in [-0.2, -0.15) is 0 Å². The van der Waals surface area contributed by atoms with Crippen LogP contribution in [0.4, 0.5) is 0 Å². The second kappa shape index (κ2) is 35.4. The lowest BCUT2D eigenvalue weighted by Gasteiger charge is -2.68. The van der Waals surface area contributed by atoms with Crippen LogP contribution in [0.15, 0.2) is 11.6 Å². The van der Waals surface area contributed by atoms with Gasteiger partial charge in [-0.05, 0) is 118 Å². The normalized spacial score (nSPS) is 54.8. The molecule has 115 heavy (non-hydrogen) atoms. The highest BCUT2D eigenvalue weighted by molar-refractivity contribution is 5.79. The van der Waals surface area contributed by atoms with E-state index < -0.39 is 301 Å². The predicted octanol–water partition coefficient (Wildman–Crippen LogP) is -8.82. The van der Waals surface area contributed by atoms with Gasteiger partial charge < -0.3 is 193 Å². The van der Waals surface area contributed by atoms with Gasteiger partial charge in [0, 0.05) is 5.41 Å². The quantitative estimate of drug-likeness (QED) is 0.0288. The molecule has 23 N–H and O–H groups in total. The first kappa shape index (κ1) is 90.4. The Kier molecular flexibility index (Phi) is 27.8. The summed E-state index contributed by atoms with van der Waals surface area (Å²) >= 11 is 0. The van der Waals surface area contributed by atoms with Crippen molar-refractivity contribution in [3.05, 3.63) is 11.6 Å². The van der Waals surface area contributed by atoms with Crippen molar-refractivity contribution >= 4 is 5.97 Å². The summed E-state index contributed by atoms with van der Waals surface area (Å²) in [5.41, 5.74) is -1.97. The third kappa shape index (κ3) is 16.6. The maximum Gasteiger partial charge on any atom is 0.315 e. The summed E-state index contributed by atoms with van der Waals surface area (Å²) in [7, 11) is 0. The van der Waals surface area contributed by atoms with Crippen molar-refractivity contribution in [2.24, 2.45) is 50.7 Å². The molecule has 5 aliphatic carbocycles. The molecule has 8 saturated heterocycles. The lowest BCUT2D eigenvalue weighted by molar-refractivity contribution is -0.406. The fourth-order valence-electron chi connectivity index (χ4n) is 21.3. The molecule has 0 amide bonds. The second-order valence-electron chi connectivity index (χ2n) is 35.8. The molecule has 47 unspecified atom stereocenters. The first-order valence-corrected chi connectivity index (χ1v) is 40.2. The van der Waals surface area contributed by atoms with Crippen LogP contribution < -0.4 is 0 Å². The van der Waals surface area contributed by atoms with E-state index in [1.165, 1.54) is 13.8 Å². The molecular weight excluding hydrogens is 1540 g/mol. The molecule has 662 valence electrons. The number of aliphatic hydroxyl groups is 23. The first-order chi connectivity index (χ1) is 54.2. The summed E-state index contributed by atoms with van der Waals surface area (Å²) in [5.74, 6) is -1.13. The Balaban J connectivity index is 0.690. The van der Waals surface area contributed by atoms with Crippen LogP contribution in [0, 0.1) is 50.7 Å². The third-order valence-corrected chi connectivity index (χ3v) is 28.3. The molecule has 13 rings (SSSR count). The molecule has 40 heteroatoms. The summed E-state index contributed by atoms with van der Waals surface area (Å²) in [6.45, 7) is 8.74. The van der Waals surface area contributed by atoms with Gasteiger partial charge in [-0.25, -0.2) is 0 Å². The number of fused-ring (bicyclic) bond motifs is 7. The van der Waals surface area contributed by atoms with Gasteiger partial charge >= 0.3 is 5.97 Å². The van der Waals surface area contributed by atoms with Gasteiger partial charge in [0.15, 0.2) is 44.0 Å². The number of rotatable bonds is 21. The van der Waals surface area contributed by atoms with Gasteiger partial charge in [-0.3, -0.25) is 4.79 Å². The van der Waals surface area contributed by atoms with Crippen LogP contribution >= 0.6 is 0 Å². The molecule has 4 saturated carbocycles. The molecule has 8 heterocycles. The molecule has 0 aromatic rings. The smallest absolute Gasteiger partial charge is 0.315 e. The van der Waals surface area contributed by atoms with Gasteiger partial charge in [-0.15, -0.1) is 0 Å². The lowest BCUT2D eigenvalue weighted by Crippen LogP contribution is -2.69. The van der Waals surface area contributed by atoms with Crippen LogP contribution in [0.3, 0.4) is 0 Å². The van der Waals surface area contributed by atoms with Gasteiger partial charge in [0.05, 0.1) is 70.0 Å². The van der Waals surface area contributed by atoms with Gasteiger partial charge in [0.2, 0.25) is 6.29 Å². The number of hydrogen-bond acceptors (Lipinski definition) is 40. The Labute approximate surface area is 662 Å². The molecule has 0 radical (unpaired) electrons. The lowest BCUT2D eigenvalue weighted by atomic mass is 9.37. The average Bonchev–Trinajstić information content (AvgIpc) is 0.686. The average molecular weight is 1660 g/mol. The zero-order chi connectivity index (χ0) is 83.5. The fraction of sp³-hybridized carbons (Fsp3) is 0.960. The van der Waals surface area contributed by atoms with E-state index in [4.69, 9.17) is 75.8 Å². The van der Waals surface area contributed by atoms with Crippen molar-refractivity contribution in [2.45, 2.75) is 352 Å². The van der Waals surface area contributed by atoms with E-state index in [9.17, 15) is 117 Å². The highest BCUT2D eigenvalue weighted by atomic mass is 16.8. The van der Waals surface area contributed by atoms with E-state index in [-0.39, 0.29) is 41.1 Å². The minimum absolute atomic E-state index is 0.00215. The second-order valence-corrected chi connectivity index (χ2v) is 35.8. The molecule has 0 bridgehead atoms. The van der Waals surface area contributed by atoms with Gasteiger partial charge in [-0.1, -0.05) is 46.3 Å². The molecule has 0 aromatic carbocycles. The van der Waals surface area contributed by atoms with Crippen LogP contribution in [0.25, 0.3) is 0 Å². The number of aliphatic hydroxyl groups excluding tert-OH is 23. The highest BCUT2D eigenvalue weighted by Crippen LogP contribution is 2.73. The largest absolute Gasteiger partial charge is 0.432 e. The van der Waals surface area contributed by atoms with E-state index in [0.29, 0.717) is 64.2 Å². The maximum absolute atomic E-state index is 15.2. The minimum Gasteiger partial charge on any atom is -0.432 e. The first-order valence-electron chi connectivity index (χ1n) is 40.2. The zero-order valence-electron chi connectivity index (χ0n) is 65.2. The predicted molar refractivity (Wildman–Crippen MR) is 375 cm³/mol. The minimum atomic E-state index is -2.25. The van der Waals surface area contributed by atoms with Gasteiger partial charge in [0.25, 0.3) is 0 Å². The summed E-state index contributed by atoms with van der Waals surface area (Å²) < 4.78 is 95.8. The molecular formula is C75H122O40. The van der Waals surface area contributed by atoms with Crippen molar-refractivity contribution < 1.29 is 198 Å². The van der Waals surface area contributed by atoms with E-state index in [1.54, 1.807) is 0 Å². The molecule has 40 nitrogen and oxygen atoms in total. The summed E-state index contributed by atoms with van der Waals surface area (Å²) in [6.07, 6.45) is -61.2. The highest BCUT2D eigenvalue weighted by Gasteiger charge is 2.69. The number of hydrogen-bond donors (Lipinski definition) is 23. The summed E-state index contributed by atoms with van der Waals surface area (Å²) in [6, 6.07) is 0. The zero-order valence-corrected chi connectivity index (χ0v) is 65.2. The summed E-state index contributed by atoms with van der Waals surface area (Å²) in [4.78, 5) is 15.2. The number of esters is 1. The van der Waals surface area contributed by atoms with Crippen LogP contribution in [-0.2, 0) is 80.6 Å². The number of carbonyl (C=O) groups is 1. The van der Waals surface area contributed by atoms with E-state index in [0.717, 1.165) is 5.57 Å². The third-order valence-electron chi connectivity index (χ3n) is 28.3. The Morgan fingerprint density at radius 2 is 0.896 bits per heavy atom. The number of carbonyl (C=O) groups excluding carboxylic acids is 1. The topological polar surface area (TPSA) is 630 Å². The van der Waals surface area contributed by atoms with E-state index >= 15 is 4.79 Å². The van der Waals surface area contributed by atoms with Crippen LogP contribution in [0.2, 0.25) is 0 Å². The fourth-order valence-corrected chi connectivity index (χ4v) is 21.3. The van der Waals surface area contributed by atoms with Crippen molar-refractivity contribution in [1.82, 2.24) is 0 Å². The van der Waals surface area contributed by atoms with E-state index in [1.807, 2.05) is 6.92 Å². The Morgan fingerprint density at radius 1 is 0.400 bits per heavy atom. The van der Waals surface area contributed by atoms with Crippen molar-refractivity contribution in [3.63, 3.8) is 0 Å².